The standard InChI is InChI=1S/C16H20N2O2/c1-3-12-6-7-13-5-4-8-18(15(13)9-12)16(11(2)20)14(17)10-19/h6-7,9-10H,3-5,8,17H2,1-2H3/b16-14-. The molecule has 0 unspecified atom stereocenters. The number of anilines is 1. The molecule has 4 heteroatoms. The van der Waals surface area contributed by atoms with Gasteiger partial charge in [0.1, 0.15) is 5.70 Å². The Labute approximate surface area is 119 Å². The van der Waals surface area contributed by atoms with Crippen LogP contribution in [0.5, 0.6) is 0 Å². The van der Waals surface area contributed by atoms with Gasteiger partial charge in [0.05, 0.1) is 5.70 Å². The number of aryl methyl sites for hydroxylation is 2. The van der Waals surface area contributed by atoms with Crippen molar-refractivity contribution in [3.8, 4) is 0 Å². The Morgan fingerprint density at radius 2 is 2.20 bits per heavy atom. The second-order valence-electron chi connectivity index (χ2n) is 5.05. The smallest absolute Gasteiger partial charge is 0.178 e. The summed E-state index contributed by atoms with van der Waals surface area (Å²) in [5.74, 6) is -0.177. The molecule has 4 nitrogen and oxygen atoms in total. The molecule has 1 aliphatic rings. The number of hydrogen-bond acceptors (Lipinski definition) is 4. The van der Waals surface area contributed by atoms with Crippen molar-refractivity contribution in [2.75, 3.05) is 11.4 Å². The lowest BCUT2D eigenvalue weighted by Gasteiger charge is -2.33. The SMILES string of the molecule is CCc1ccc2c(c1)N(/C(C(C)=O)=C(\N)C=O)CCC2. The van der Waals surface area contributed by atoms with E-state index in [-0.39, 0.29) is 11.5 Å². The van der Waals surface area contributed by atoms with E-state index >= 15 is 0 Å². The van der Waals surface area contributed by atoms with E-state index in [0.29, 0.717) is 18.5 Å². The lowest BCUT2D eigenvalue weighted by Crippen LogP contribution is -2.34. The van der Waals surface area contributed by atoms with Gasteiger partial charge in [0, 0.05) is 19.2 Å². The number of allylic oxidation sites excluding steroid dienone is 2. The molecule has 1 heterocycles. The molecule has 0 fully saturated rings. The van der Waals surface area contributed by atoms with E-state index in [1.165, 1.54) is 18.1 Å². The molecular weight excluding hydrogens is 252 g/mol. The normalized spacial score (nSPS) is 15.4. The molecule has 0 radical (unpaired) electrons. The van der Waals surface area contributed by atoms with Crippen molar-refractivity contribution >= 4 is 17.8 Å². The molecule has 0 atom stereocenters. The summed E-state index contributed by atoms with van der Waals surface area (Å²) < 4.78 is 0. The van der Waals surface area contributed by atoms with Gasteiger partial charge in [0.15, 0.2) is 12.1 Å². The van der Waals surface area contributed by atoms with Crippen molar-refractivity contribution in [3.05, 3.63) is 40.7 Å². The maximum Gasteiger partial charge on any atom is 0.178 e. The van der Waals surface area contributed by atoms with Crippen LogP contribution in [0.15, 0.2) is 29.6 Å². The van der Waals surface area contributed by atoms with Crippen LogP contribution in [0.25, 0.3) is 0 Å². The molecule has 1 aromatic rings. The van der Waals surface area contributed by atoms with Crippen LogP contribution in [0.3, 0.4) is 0 Å². The van der Waals surface area contributed by atoms with Crippen LogP contribution in [0.4, 0.5) is 5.69 Å². The lowest BCUT2D eigenvalue weighted by atomic mass is 9.97. The Morgan fingerprint density at radius 3 is 2.80 bits per heavy atom. The van der Waals surface area contributed by atoms with E-state index in [9.17, 15) is 9.59 Å². The summed E-state index contributed by atoms with van der Waals surface area (Å²) in [5, 5.41) is 0. The van der Waals surface area contributed by atoms with Crippen molar-refractivity contribution in [1.29, 1.82) is 0 Å². The third-order valence-corrected chi connectivity index (χ3v) is 3.68. The van der Waals surface area contributed by atoms with Gasteiger partial charge in [-0.05, 0) is 36.5 Å². The minimum Gasteiger partial charge on any atom is -0.394 e. The summed E-state index contributed by atoms with van der Waals surface area (Å²) in [6.45, 7) is 4.25. The van der Waals surface area contributed by atoms with Crippen LogP contribution in [0.1, 0.15) is 31.4 Å². The first kappa shape index (κ1) is 14.3. The summed E-state index contributed by atoms with van der Waals surface area (Å²) in [5.41, 5.74) is 9.46. The highest BCUT2D eigenvalue weighted by Gasteiger charge is 2.24. The number of benzene rings is 1. The molecule has 106 valence electrons. The van der Waals surface area contributed by atoms with Gasteiger partial charge in [0.2, 0.25) is 0 Å². The Balaban J connectivity index is 2.55. The zero-order valence-electron chi connectivity index (χ0n) is 12.0. The predicted molar refractivity (Wildman–Crippen MR) is 79.4 cm³/mol. The number of Topliss-reactive ketones (excluding diaryl/α,β-unsaturated/α-hetero) is 1. The van der Waals surface area contributed by atoms with Gasteiger partial charge < -0.3 is 10.6 Å². The minimum absolute atomic E-state index is 0.00671. The Hall–Kier alpha value is -2.10. The maximum atomic E-state index is 11.9. The molecule has 2 rings (SSSR count). The number of nitrogens with zero attached hydrogens (tertiary/aromatic N) is 1. The summed E-state index contributed by atoms with van der Waals surface area (Å²) >= 11 is 0. The van der Waals surface area contributed by atoms with E-state index in [4.69, 9.17) is 5.73 Å². The van der Waals surface area contributed by atoms with E-state index in [2.05, 4.69) is 25.1 Å². The number of fused-ring (bicyclic) bond motifs is 1. The predicted octanol–water partition coefficient (Wildman–Crippen LogP) is 1.96. The van der Waals surface area contributed by atoms with Gasteiger partial charge in [-0.25, -0.2) is 0 Å². The summed E-state index contributed by atoms with van der Waals surface area (Å²) in [4.78, 5) is 24.7. The van der Waals surface area contributed by atoms with Crippen molar-refractivity contribution in [3.63, 3.8) is 0 Å². The van der Waals surface area contributed by atoms with Crippen LogP contribution >= 0.6 is 0 Å². The van der Waals surface area contributed by atoms with Gasteiger partial charge in [-0.3, -0.25) is 9.59 Å². The summed E-state index contributed by atoms with van der Waals surface area (Å²) in [6.07, 6.45) is 3.42. The first-order valence-electron chi connectivity index (χ1n) is 6.93. The van der Waals surface area contributed by atoms with E-state index in [1.54, 1.807) is 0 Å². The summed E-state index contributed by atoms with van der Waals surface area (Å²) in [6, 6.07) is 6.31. The quantitative estimate of drug-likeness (QED) is 0.672. The number of nitrogens with two attached hydrogens (primary N) is 1. The molecule has 0 saturated heterocycles. The molecule has 2 N–H and O–H groups in total. The van der Waals surface area contributed by atoms with E-state index < -0.39 is 0 Å². The molecule has 20 heavy (non-hydrogen) atoms. The van der Waals surface area contributed by atoms with Crippen molar-refractivity contribution in [2.24, 2.45) is 5.73 Å². The van der Waals surface area contributed by atoms with E-state index in [1.807, 2.05) is 4.90 Å². The van der Waals surface area contributed by atoms with E-state index in [0.717, 1.165) is 24.9 Å². The van der Waals surface area contributed by atoms with Gasteiger partial charge in [-0.2, -0.15) is 0 Å². The van der Waals surface area contributed by atoms with Gasteiger partial charge >= 0.3 is 0 Å². The topological polar surface area (TPSA) is 63.4 Å². The van der Waals surface area contributed by atoms with Gasteiger partial charge in [0.25, 0.3) is 0 Å². The third-order valence-electron chi connectivity index (χ3n) is 3.68. The first-order valence-corrected chi connectivity index (χ1v) is 6.93. The molecule has 0 aromatic heterocycles. The summed E-state index contributed by atoms with van der Waals surface area (Å²) in [7, 11) is 0. The molecule has 0 bridgehead atoms. The number of ketones is 1. The molecule has 0 saturated carbocycles. The molecule has 0 spiro atoms. The van der Waals surface area contributed by atoms with Crippen molar-refractivity contribution in [2.45, 2.75) is 33.1 Å². The van der Waals surface area contributed by atoms with Gasteiger partial charge in [-0.1, -0.05) is 19.1 Å². The zero-order valence-corrected chi connectivity index (χ0v) is 12.0. The van der Waals surface area contributed by atoms with Crippen molar-refractivity contribution in [1.82, 2.24) is 0 Å². The number of carbonyl (C=O) groups is 2. The van der Waals surface area contributed by atoms with Crippen LogP contribution < -0.4 is 10.6 Å². The zero-order chi connectivity index (χ0) is 14.7. The number of rotatable bonds is 4. The monoisotopic (exact) mass is 272 g/mol. The second kappa shape index (κ2) is 5.90. The highest BCUT2D eigenvalue weighted by atomic mass is 16.1. The fourth-order valence-corrected chi connectivity index (χ4v) is 2.68. The fourth-order valence-electron chi connectivity index (χ4n) is 2.68. The molecule has 1 aliphatic heterocycles. The highest BCUT2D eigenvalue weighted by Crippen LogP contribution is 2.31. The van der Waals surface area contributed by atoms with Crippen LogP contribution in [0.2, 0.25) is 0 Å². The molecule has 1 aromatic carbocycles. The molecular formula is C16H20N2O2. The minimum atomic E-state index is -0.177. The Bertz CT molecular complexity index is 576. The Kier molecular flexibility index (Phi) is 4.23. The fraction of sp³-hybridized carbons (Fsp3) is 0.375. The second-order valence-corrected chi connectivity index (χ2v) is 5.05. The number of hydrogen-bond donors (Lipinski definition) is 1. The average Bonchev–Trinajstić information content (AvgIpc) is 2.46. The largest absolute Gasteiger partial charge is 0.394 e. The first-order chi connectivity index (χ1) is 9.58. The van der Waals surface area contributed by atoms with Gasteiger partial charge in [-0.15, -0.1) is 0 Å². The third kappa shape index (κ3) is 2.59. The number of carbonyl (C=O) groups excluding carboxylic acids is 2. The highest BCUT2D eigenvalue weighted by molar-refractivity contribution is 6.02. The maximum absolute atomic E-state index is 11.9. The van der Waals surface area contributed by atoms with Crippen molar-refractivity contribution < 1.29 is 9.59 Å². The van der Waals surface area contributed by atoms with Crippen LogP contribution in [-0.2, 0) is 22.4 Å². The Morgan fingerprint density at radius 1 is 1.45 bits per heavy atom. The molecule has 0 aliphatic carbocycles. The van der Waals surface area contributed by atoms with Crippen LogP contribution in [-0.4, -0.2) is 18.6 Å². The van der Waals surface area contributed by atoms with Crippen LogP contribution in [0, 0.1) is 0 Å². The number of aldehydes is 1. The molecule has 0 amide bonds. The lowest BCUT2D eigenvalue weighted by molar-refractivity contribution is -0.114. The average molecular weight is 272 g/mol.